The molecule has 3 nitrogen and oxygen atoms in total. The third-order valence-corrected chi connectivity index (χ3v) is 6.90. The van der Waals surface area contributed by atoms with Crippen molar-refractivity contribution in [1.82, 2.24) is 10.3 Å². The summed E-state index contributed by atoms with van der Waals surface area (Å²) in [6.07, 6.45) is 9.30. The number of likely N-dealkylation sites (N-methyl/N-ethyl adjacent to an activating group) is 1. The molecule has 2 saturated carbocycles. The number of hydrazine groups is 1. The number of hydrogen-bond donors (Lipinski definition) is 2. The van der Waals surface area contributed by atoms with E-state index in [0.717, 1.165) is 23.7 Å². The molecule has 0 bridgehead atoms. The lowest BCUT2D eigenvalue weighted by Gasteiger charge is -2.53. The van der Waals surface area contributed by atoms with E-state index in [4.69, 9.17) is 5.84 Å². The smallest absolute Gasteiger partial charge is 0.0422 e. The van der Waals surface area contributed by atoms with Gasteiger partial charge in [-0.1, -0.05) is 27.2 Å². The lowest BCUT2D eigenvalue weighted by atomic mass is 9.64. The first-order chi connectivity index (χ1) is 9.90. The molecular formula is C18H37N3. The molecule has 21 heavy (non-hydrogen) atoms. The van der Waals surface area contributed by atoms with Gasteiger partial charge in [-0.25, -0.2) is 0 Å². The average Bonchev–Trinajstić information content (AvgIpc) is 2.45. The molecule has 0 saturated heterocycles. The summed E-state index contributed by atoms with van der Waals surface area (Å²) >= 11 is 0. The fourth-order valence-electron chi connectivity index (χ4n) is 4.92. The molecule has 0 aromatic carbocycles. The zero-order chi connectivity index (χ0) is 15.6. The van der Waals surface area contributed by atoms with E-state index in [1.165, 1.54) is 44.9 Å². The SMILES string of the molecule is CC1CCC(C(NN)C2CCC(C)C(C)C2)(N(C)C)CC1. The van der Waals surface area contributed by atoms with Crippen LogP contribution in [0.15, 0.2) is 0 Å². The number of nitrogens with one attached hydrogen (secondary N) is 1. The Morgan fingerprint density at radius 1 is 1.00 bits per heavy atom. The molecule has 0 amide bonds. The molecule has 0 aliphatic heterocycles. The maximum Gasteiger partial charge on any atom is 0.0422 e. The Bertz CT molecular complexity index is 320. The predicted molar refractivity (Wildman–Crippen MR) is 90.8 cm³/mol. The predicted octanol–water partition coefficient (Wildman–Crippen LogP) is 3.40. The van der Waals surface area contributed by atoms with Crippen LogP contribution >= 0.6 is 0 Å². The van der Waals surface area contributed by atoms with Crippen LogP contribution in [-0.4, -0.2) is 30.6 Å². The van der Waals surface area contributed by atoms with Crippen molar-refractivity contribution in [3.8, 4) is 0 Å². The topological polar surface area (TPSA) is 41.3 Å². The summed E-state index contributed by atoms with van der Waals surface area (Å²) in [5.41, 5.74) is 3.53. The normalized spacial score (nSPS) is 43.0. The van der Waals surface area contributed by atoms with E-state index in [-0.39, 0.29) is 5.54 Å². The number of hydrogen-bond acceptors (Lipinski definition) is 3. The molecule has 124 valence electrons. The Morgan fingerprint density at radius 3 is 2.10 bits per heavy atom. The molecule has 2 rings (SSSR count). The molecule has 2 fully saturated rings. The van der Waals surface area contributed by atoms with Gasteiger partial charge in [0.05, 0.1) is 0 Å². The fourth-order valence-corrected chi connectivity index (χ4v) is 4.92. The minimum absolute atomic E-state index is 0.256. The van der Waals surface area contributed by atoms with Crippen molar-refractivity contribution in [2.45, 2.75) is 77.3 Å². The quantitative estimate of drug-likeness (QED) is 0.617. The van der Waals surface area contributed by atoms with Gasteiger partial charge < -0.3 is 4.90 Å². The Labute approximate surface area is 132 Å². The molecule has 2 aliphatic rings. The molecule has 2 aliphatic carbocycles. The molecule has 4 unspecified atom stereocenters. The number of nitrogens with two attached hydrogens (primary N) is 1. The number of nitrogens with zero attached hydrogens (tertiary/aromatic N) is 1. The van der Waals surface area contributed by atoms with Gasteiger partial charge in [0, 0.05) is 11.6 Å². The monoisotopic (exact) mass is 295 g/mol. The maximum absolute atomic E-state index is 6.10. The van der Waals surface area contributed by atoms with Gasteiger partial charge in [-0.2, -0.15) is 0 Å². The molecule has 0 aromatic heterocycles. The molecule has 0 heterocycles. The van der Waals surface area contributed by atoms with Gasteiger partial charge >= 0.3 is 0 Å². The van der Waals surface area contributed by atoms with E-state index >= 15 is 0 Å². The van der Waals surface area contributed by atoms with Gasteiger partial charge in [0.1, 0.15) is 0 Å². The van der Waals surface area contributed by atoms with Crippen LogP contribution in [-0.2, 0) is 0 Å². The number of rotatable bonds is 4. The largest absolute Gasteiger partial charge is 0.302 e. The Hall–Kier alpha value is -0.120. The van der Waals surface area contributed by atoms with E-state index in [1.54, 1.807) is 0 Å². The van der Waals surface area contributed by atoms with Crippen LogP contribution in [0.3, 0.4) is 0 Å². The van der Waals surface area contributed by atoms with Crippen molar-refractivity contribution < 1.29 is 0 Å². The summed E-state index contributed by atoms with van der Waals surface area (Å²) in [6, 6.07) is 0.440. The van der Waals surface area contributed by atoms with Crippen molar-refractivity contribution >= 4 is 0 Å². The van der Waals surface area contributed by atoms with Crippen LogP contribution in [0.4, 0.5) is 0 Å². The van der Waals surface area contributed by atoms with Crippen LogP contribution in [0, 0.1) is 23.7 Å². The highest BCUT2D eigenvalue weighted by Gasteiger charge is 2.46. The minimum Gasteiger partial charge on any atom is -0.302 e. The summed E-state index contributed by atoms with van der Waals surface area (Å²) in [5, 5.41) is 0. The van der Waals surface area contributed by atoms with Crippen LogP contribution in [0.2, 0.25) is 0 Å². The second-order valence-electron chi connectivity index (χ2n) is 8.35. The highest BCUT2D eigenvalue weighted by molar-refractivity contribution is 5.04. The summed E-state index contributed by atoms with van der Waals surface area (Å²) in [4.78, 5) is 2.48. The van der Waals surface area contributed by atoms with E-state index < -0.39 is 0 Å². The van der Waals surface area contributed by atoms with Crippen molar-refractivity contribution in [1.29, 1.82) is 0 Å². The summed E-state index contributed by atoms with van der Waals surface area (Å²) < 4.78 is 0. The maximum atomic E-state index is 6.10. The van der Waals surface area contributed by atoms with E-state index in [0.29, 0.717) is 6.04 Å². The zero-order valence-corrected chi connectivity index (χ0v) is 14.9. The van der Waals surface area contributed by atoms with E-state index in [1.807, 2.05) is 0 Å². The Balaban J connectivity index is 2.16. The minimum atomic E-state index is 0.256. The third kappa shape index (κ3) is 3.46. The van der Waals surface area contributed by atoms with Gasteiger partial charge in [0.2, 0.25) is 0 Å². The molecule has 0 spiro atoms. The molecular weight excluding hydrogens is 258 g/mol. The highest BCUT2D eigenvalue weighted by atomic mass is 15.3. The lowest BCUT2D eigenvalue weighted by Crippen LogP contribution is -2.65. The fraction of sp³-hybridized carbons (Fsp3) is 1.00. The Morgan fingerprint density at radius 2 is 1.62 bits per heavy atom. The zero-order valence-electron chi connectivity index (χ0n) is 14.9. The van der Waals surface area contributed by atoms with Crippen molar-refractivity contribution in [2.24, 2.45) is 29.5 Å². The molecule has 0 radical (unpaired) electrons. The highest BCUT2D eigenvalue weighted by Crippen LogP contribution is 2.44. The molecule has 3 heteroatoms. The van der Waals surface area contributed by atoms with Crippen LogP contribution in [0.25, 0.3) is 0 Å². The van der Waals surface area contributed by atoms with Gasteiger partial charge in [-0.05, 0) is 76.3 Å². The Kier molecular flexibility index (Phi) is 5.72. The third-order valence-electron chi connectivity index (χ3n) is 6.90. The van der Waals surface area contributed by atoms with Gasteiger partial charge in [-0.3, -0.25) is 11.3 Å². The van der Waals surface area contributed by atoms with Crippen LogP contribution in [0.1, 0.15) is 65.7 Å². The first kappa shape index (κ1) is 17.2. The van der Waals surface area contributed by atoms with E-state index in [2.05, 4.69) is 45.2 Å². The molecule has 3 N–H and O–H groups in total. The summed E-state index contributed by atoms with van der Waals surface area (Å²) in [7, 11) is 4.52. The second-order valence-corrected chi connectivity index (χ2v) is 8.35. The van der Waals surface area contributed by atoms with Gasteiger partial charge in [0.15, 0.2) is 0 Å². The summed E-state index contributed by atoms with van der Waals surface area (Å²) in [5.74, 6) is 9.42. The molecule has 0 aromatic rings. The van der Waals surface area contributed by atoms with Crippen LogP contribution < -0.4 is 11.3 Å². The first-order valence-electron chi connectivity index (χ1n) is 9.04. The van der Waals surface area contributed by atoms with Crippen molar-refractivity contribution in [2.75, 3.05) is 14.1 Å². The molecule has 4 atom stereocenters. The van der Waals surface area contributed by atoms with E-state index in [9.17, 15) is 0 Å². The van der Waals surface area contributed by atoms with Crippen molar-refractivity contribution in [3.63, 3.8) is 0 Å². The summed E-state index contributed by atoms with van der Waals surface area (Å²) in [6.45, 7) is 7.24. The van der Waals surface area contributed by atoms with Crippen LogP contribution in [0.5, 0.6) is 0 Å². The van der Waals surface area contributed by atoms with Gasteiger partial charge in [-0.15, -0.1) is 0 Å². The lowest BCUT2D eigenvalue weighted by molar-refractivity contribution is 0.00424. The first-order valence-corrected chi connectivity index (χ1v) is 9.04. The van der Waals surface area contributed by atoms with Crippen molar-refractivity contribution in [3.05, 3.63) is 0 Å². The van der Waals surface area contributed by atoms with Gasteiger partial charge in [0.25, 0.3) is 0 Å². The second kappa shape index (κ2) is 6.97. The average molecular weight is 296 g/mol. The standard InChI is InChI=1S/C18H37N3/c1-13-8-10-18(11-9-13,21(4)5)17(20-19)16-7-6-14(2)15(3)12-16/h13-17,20H,6-12,19H2,1-5H3.